The van der Waals surface area contributed by atoms with Crippen LogP contribution in [-0.2, 0) is 20.8 Å². The zero-order chi connectivity index (χ0) is 26.0. The van der Waals surface area contributed by atoms with Crippen molar-refractivity contribution in [2.24, 2.45) is 0 Å². The van der Waals surface area contributed by atoms with Gasteiger partial charge in [-0.05, 0) is 55.9 Å². The highest BCUT2D eigenvalue weighted by Gasteiger charge is 2.26. The third-order valence-corrected chi connectivity index (χ3v) is 6.30. The fraction of sp³-hybridized carbons (Fsp3) is 0.520. The maximum atomic E-state index is 12.8. The molecule has 0 saturated carbocycles. The lowest BCUT2D eigenvalue weighted by Crippen LogP contribution is -2.52. The average molecular weight is 507 g/mol. The van der Waals surface area contributed by atoms with Gasteiger partial charge in [-0.15, -0.1) is 0 Å². The molecule has 1 unspecified atom stereocenters. The summed E-state index contributed by atoms with van der Waals surface area (Å²) in [5.74, 6) is -1.18. The fourth-order valence-electron chi connectivity index (χ4n) is 3.68. The minimum Gasteiger partial charge on any atom is -0.483 e. The number of benzene rings is 1. The number of carboxylic acids is 1. The second-order valence-corrected chi connectivity index (χ2v) is 9.23. The lowest BCUT2D eigenvalue weighted by atomic mass is 10.0. The quantitative estimate of drug-likeness (QED) is 0.333. The van der Waals surface area contributed by atoms with Crippen LogP contribution < -0.4 is 21.0 Å². The van der Waals surface area contributed by atoms with E-state index in [4.69, 9.17) is 9.15 Å². The van der Waals surface area contributed by atoms with Crippen LogP contribution in [0.3, 0.4) is 0 Å². The molecule has 2 rings (SSSR count). The normalized spacial score (nSPS) is 12.7. The van der Waals surface area contributed by atoms with Crippen LogP contribution in [0.4, 0.5) is 0 Å². The molecular weight excluding hydrogens is 472 g/mol. The van der Waals surface area contributed by atoms with E-state index in [1.807, 2.05) is 20.1 Å². The molecule has 9 nitrogen and oxygen atoms in total. The first-order valence-electron chi connectivity index (χ1n) is 11.7. The SMILES string of the molecule is CCCCC(NC(=O)COc1ccc2c(CC)cc(=O)oc2c1C)C(=O)N[C@@H](CCSC)C(=O)O. The summed E-state index contributed by atoms with van der Waals surface area (Å²) in [5.41, 5.74) is 1.43. The molecule has 1 aromatic carbocycles. The fourth-order valence-corrected chi connectivity index (χ4v) is 4.15. The lowest BCUT2D eigenvalue weighted by molar-refractivity contribution is -0.142. The number of aliphatic carboxylic acids is 1. The molecule has 2 atom stereocenters. The van der Waals surface area contributed by atoms with Crippen molar-refractivity contribution in [1.29, 1.82) is 0 Å². The molecular formula is C25H34N2O7S. The molecule has 3 N–H and O–H groups in total. The summed E-state index contributed by atoms with van der Waals surface area (Å²) in [4.78, 5) is 48.7. The number of ether oxygens (including phenoxy) is 1. The average Bonchev–Trinajstić information content (AvgIpc) is 2.83. The van der Waals surface area contributed by atoms with E-state index in [0.29, 0.717) is 41.9 Å². The van der Waals surface area contributed by atoms with Gasteiger partial charge < -0.3 is 24.9 Å². The highest BCUT2D eigenvalue weighted by Crippen LogP contribution is 2.28. The zero-order valence-electron chi connectivity index (χ0n) is 20.6. The van der Waals surface area contributed by atoms with Crippen molar-refractivity contribution in [3.05, 3.63) is 39.7 Å². The van der Waals surface area contributed by atoms with Crippen LogP contribution in [-0.4, -0.2) is 53.6 Å². The van der Waals surface area contributed by atoms with E-state index in [9.17, 15) is 24.3 Å². The minimum atomic E-state index is -1.11. The van der Waals surface area contributed by atoms with E-state index in [1.54, 1.807) is 19.1 Å². The number of carbonyl (C=O) groups is 3. The molecule has 0 radical (unpaired) electrons. The molecule has 2 aromatic rings. The van der Waals surface area contributed by atoms with Crippen LogP contribution in [0.1, 0.15) is 50.7 Å². The molecule has 0 fully saturated rings. The van der Waals surface area contributed by atoms with Gasteiger partial charge in [0.05, 0.1) is 0 Å². The Balaban J connectivity index is 2.09. The number of fused-ring (bicyclic) bond motifs is 1. The van der Waals surface area contributed by atoms with E-state index in [2.05, 4.69) is 10.6 Å². The number of hydrogen-bond donors (Lipinski definition) is 3. The predicted octanol–water partition coefficient (Wildman–Crippen LogP) is 3.04. The number of hydrogen-bond acceptors (Lipinski definition) is 7. The Labute approximate surface area is 209 Å². The number of aryl methyl sites for hydroxylation is 2. The van der Waals surface area contributed by atoms with E-state index in [0.717, 1.165) is 17.4 Å². The molecule has 35 heavy (non-hydrogen) atoms. The summed E-state index contributed by atoms with van der Waals surface area (Å²) in [7, 11) is 0. The van der Waals surface area contributed by atoms with Crippen molar-refractivity contribution in [3.63, 3.8) is 0 Å². The maximum Gasteiger partial charge on any atom is 0.336 e. The Hall–Kier alpha value is -3.01. The summed E-state index contributed by atoms with van der Waals surface area (Å²) in [6, 6.07) is 3.08. The minimum absolute atomic E-state index is 0.289. The van der Waals surface area contributed by atoms with Crippen LogP contribution in [0.15, 0.2) is 27.4 Å². The van der Waals surface area contributed by atoms with E-state index in [-0.39, 0.29) is 13.0 Å². The highest BCUT2D eigenvalue weighted by atomic mass is 32.2. The van der Waals surface area contributed by atoms with Crippen LogP contribution in [0.25, 0.3) is 11.0 Å². The van der Waals surface area contributed by atoms with Crippen molar-refractivity contribution in [3.8, 4) is 5.75 Å². The number of unbranched alkanes of at least 4 members (excludes halogenated alkanes) is 1. The monoisotopic (exact) mass is 506 g/mol. The van der Waals surface area contributed by atoms with Crippen molar-refractivity contribution < 1.29 is 28.6 Å². The van der Waals surface area contributed by atoms with Gasteiger partial charge in [0.25, 0.3) is 5.91 Å². The number of nitrogens with one attached hydrogen (secondary N) is 2. The molecule has 10 heteroatoms. The van der Waals surface area contributed by atoms with Gasteiger partial charge in [-0.25, -0.2) is 9.59 Å². The van der Waals surface area contributed by atoms with Gasteiger partial charge >= 0.3 is 11.6 Å². The number of thioether (sulfide) groups is 1. The van der Waals surface area contributed by atoms with Crippen LogP contribution in [0, 0.1) is 6.92 Å². The molecule has 1 heterocycles. The van der Waals surface area contributed by atoms with Crippen molar-refractivity contribution in [2.75, 3.05) is 18.6 Å². The van der Waals surface area contributed by atoms with Gasteiger partial charge in [-0.3, -0.25) is 9.59 Å². The molecule has 0 bridgehead atoms. The van der Waals surface area contributed by atoms with Crippen LogP contribution in [0.5, 0.6) is 5.75 Å². The molecule has 1 aromatic heterocycles. The molecule has 0 aliphatic carbocycles. The third-order valence-electron chi connectivity index (χ3n) is 5.66. The smallest absolute Gasteiger partial charge is 0.336 e. The second-order valence-electron chi connectivity index (χ2n) is 8.24. The van der Waals surface area contributed by atoms with Gasteiger partial charge in [0.2, 0.25) is 5.91 Å². The second kappa shape index (κ2) is 13.8. The van der Waals surface area contributed by atoms with Gasteiger partial charge in [0.1, 0.15) is 23.4 Å². The predicted molar refractivity (Wildman–Crippen MR) is 136 cm³/mol. The van der Waals surface area contributed by atoms with E-state index < -0.39 is 35.5 Å². The third kappa shape index (κ3) is 8.02. The van der Waals surface area contributed by atoms with Gasteiger partial charge in [-0.2, -0.15) is 11.8 Å². The molecule has 0 spiro atoms. The Bertz CT molecular complexity index is 1100. The summed E-state index contributed by atoms with van der Waals surface area (Å²) in [6.45, 7) is 5.30. The van der Waals surface area contributed by atoms with Gasteiger partial charge in [0, 0.05) is 17.0 Å². The maximum absolute atomic E-state index is 12.8. The summed E-state index contributed by atoms with van der Waals surface area (Å²) >= 11 is 1.49. The first-order chi connectivity index (χ1) is 16.7. The largest absolute Gasteiger partial charge is 0.483 e. The summed E-state index contributed by atoms with van der Waals surface area (Å²) in [5, 5.41) is 15.4. The van der Waals surface area contributed by atoms with Crippen molar-refractivity contribution in [1.82, 2.24) is 10.6 Å². The van der Waals surface area contributed by atoms with Crippen LogP contribution in [0.2, 0.25) is 0 Å². The number of carbonyl (C=O) groups excluding carboxylic acids is 2. The Morgan fingerprint density at radius 3 is 2.51 bits per heavy atom. The lowest BCUT2D eigenvalue weighted by Gasteiger charge is -2.21. The van der Waals surface area contributed by atoms with Crippen molar-refractivity contribution >= 4 is 40.5 Å². The van der Waals surface area contributed by atoms with E-state index in [1.165, 1.54) is 17.8 Å². The zero-order valence-corrected chi connectivity index (χ0v) is 21.5. The Morgan fingerprint density at radius 1 is 1.14 bits per heavy atom. The van der Waals surface area contributed by atoms with Gasteiger partial charge in [-0.1, -0.05) is 26.7 Å². The molecule has 2 amide bonds. The standard InChI is InChI=1S/C25H34N2O7S/c1-5-7-8-18(24(30)27-19(25(31)32)11-12-35-4)26-21(28)14-33-20-10-9-17-16(6-2)13-22(29)34-23(17)15(20)3/h9-10,13,18-19H,5-8,11-12,14H2,1-4H3,(H,26,28)(H,27,30)(H,31,32)/t18?,19-/m0/s1. The number of amides is 2. The summed E-state index contributed by atoms with van der Waals surface area (Å²) in [6.07, 6.45) is 4.69. The molecule has 192 valence electrons. The summed E-state index contributed by atoms with van der Waals surface area (Å²) < 4.78 is 11.0. The first-order valence-corrected chi connectivity index (χ1v) is 13.1. The number of carboxylic acid groups (broad SMARTS) is 1. The van der Waals surface area contributed by atoms with Gasteiger partial charge in [0.15, 0.2) is 6.61 Å². The Kier molecular flexibility index (Phi) is 11.1. The molecule has 0 aliphatic rings. The van der Waals surface area contributed by atoms with Crippen LogP contribution >= 0.6 is 11.8 Å². The topological polar surface area (TPSA) is 135 Å². The van der Waals surface area contributed by atoms with Crippen molar-refractivity contribution in [2.45, 2.75) is 65.0 Å². The highest BCUT2D eigenvalue weighted by molar-refractivity contribution is 7.98. The Morgan fingerprint density at radius 2 is 1.89 bits per heavy atom. The number of rotatable bonds is 14. The molecule has 0 saturated heterocycles. The molecule has 0 aliphatic heterocycles. The van der Waals surface area contributed by atoms with E-state index >= 15 is 0 Å². The first kappa shape index (κ1) is 28.2.